The van der Waals surface area contributed by atoms with Crippen LogP contribution in [0, 0.1) is 0 Å². The molecular formula is C17H32FNO4Si. The molecule has 0 aliphatic carbocycles. The molecule has 140 valence electrons. The molecule has 2 rings (SSSR count). The van der Waals surface area contributed by atoms with Gasteiger partial charge in [0.15, 0.2) is 8.32 Å². The number of hydrogen-bond donors (Lipinski definition) is 0. The fraction of sp³-hybridized carbons (Fsp3) is 0.941. The number of halogens is 1. The van der Waals surface area contributed by atoms with E-state index in [0.717, 1.165) is 0 Å². The van der Waals surface area contributed by atoms with Gasteiger partial charge in [0.2, 0.25) is 0 Å². The van der Waals surface area contributed by atoms with Gasteiger partial charge >= 0.3 is 6.09 Å². The lowest BCUT2D eigenvalue weighted by molar-refractivity contribution is 0.0112. The second-order valence-corrected chi connectivity index (χ2v) is 14.1. The van der Waals surface area contributed by atoms with Crippen molar-refractivity contribution in [3.05, 3.63) is 0 Å². The molecule has 5 nitrogen and oxygen atoms in total. The van der Waals surface area contributed by atoms with Gasteiger partial charge in [-0.3, -0.25) is 4.90 Å². The van der Waals surface area contributed by atoms with Crippen molar-refractivity contribution >= 4 is 14.4 Å². The summed E-state index contributed by atoms with van der Waals surface area (Å²) in [6.07, 6.45) is -2.61. The molecule has 4 atom stereocenters. The molecule has 7 heteroatoms. The van der Waals surface area contributed by atoms with Crippen molar-refractivity contribution in [2.24, 2.45) is 0 Å². The first-order valence-corrected chi connectivity index (χ1v) is 11.6. The standard InChI is InChI=1S/C17H32FNO4Si/c1-16(2,3)22-15(20)19-9-11(18)14-13(19)12(10-21-14)23-24(7,8)17(4,5)6/h11-14H,9-10H2,1-8H3/t11-,12+,13-,14-/m1/s1. The Bertz CT molecular complexity index is 486. The normalized spacial score (nSPS) is 31.3. The Morgan fingerprint density at radius 2 is 1.79 bits per heavy atom. The second-order valence-electron chi connectivity index (χ2n) is 9.35. The van der Waals surface area contributed by atoms with Crippen LogP contribution in [-0.2, 0) is 13.9 Å². The summed E-state index contributed by atoms with van der Waals surface area (Å²) in [5, 5.41) is 0.0373. The van der Waals surface area contributed by atoms with Gasteiger partial charge in [0, 0.05) is 0 Å². The molecule has 2 aliphatic heterocycles. The van der Waals surface area contributed by atoms with E-state index in [-0.39, 0.29) is 17.7 Å². The Balaban J connectivity index is 2.17. The number of fused-ring (bicyclic) bond motifs is 1. The molecule has 0 saturated carbocycles. The highest BCUT2D eigenvalue weighted by Gasteiger charge is 2.56. The van der Waals surface area contributed by atoms with Gasteiger partial charge in [0.05, 0.1) is 25.3 Å². The van der Waals surface area contributed by atoms with E-state index in [0.29, 0.717) is 6.61 Å². The Labute approximate surface area is 145 Å². The van der Waals surface area contributed by atoms with Crippen LogP contribution in [-0.4, -0.2) is 62.5 Å². The molecule has 0 N–H and O–H groups in total. The zero-order valence-corrected chi connectivity index (χ0v) is 17.2. The Hall–Kier alpha value is -0.663. The van der Waals surface area contributed by atoms with E-state index >= 15 is 0 Å². The van der Waals surface area contributed by atoms with Crippen molar-refractivity contribution in [2.75, 3.05) is 13.2 Å². The van der Waals surface area contributed by atoms with Crippen LogP contribution in [0.25, 0.3) is 0 Å². The van der Waals surface area contributed by atoms with Crippen LogP contribution in [0.2, 0.25) is 18.1 Å². The molecule has 2 heterocycles. The maximum atomic E-state index is 14.3. The Morgan fingerprint density at radius 3 is 2.29 bits per heavy atom. The number of carbonyl (C=O) groups excluding carboxylic acids is 1. The van der Waals surface area contributed by atoms with Crippen LogP contribution in [0.3, 0.4) is 0 Å². The molecule has 0 aromatic carbocycles. The Morgan fingerprint density at radius 1 is 1.21 bits per heavy atom. The first-order valence-electron chi connectivity index (χ1n) is 8.66. The molecule has 0 unspecified atom stereocenters. The lowest BCUT2D eigenvalue weighted by atomic mass is 10.1. The van der Waals surface area contributed by atoms with Gasteiger partial charge in [0.1, 0.15) is 17.9 Å². The van der Waals surface area contributed by atoms with Gasteiger partial charge in [0.25, 0.3) is 0 Å². The smallest absolute Gasteiger partial charge is 0.410 e. The minimum atomic E-state index is -2.04. The van der Waals surface area contributed by atoms with Crippen molar-refractivity contribution in [3.63, 3.8) is 0 Å². The number of alkyl halides is 1. The van der Waals surface area contributed by atoms with E-state index in [1.807, 2.05) is 0 Å². The predicted octanol–water partition coefficient (Wildman–Crippen LogP) is 3.73. The fourth-order valence-electron chi connectivity index (χ4n) is 2.90. The van der Waals surface area contributed by atoms with Crippen LogP contribution in [0.15, 0.2) is 0 Å². The first-order chi connectivity index (χ1) is 10.7. The highest BCUT2D eigenvalue weighted by Crippen LogP contribution is 2.41. The lowest BCUT2D eigenvalue weighted by Gasteiger charge is -2.40. The van der Waals surface area contributed by atoms with E-state index in [4.69, 9.17) is 13.9 Å². The van der Waals surface area contributed by atoms with E-state index in [2.05, 4.69) is 33.9 Å². The molecule has 2 fully saturated rings. The second kappa shape index (κ2) is 6.25. The summed E-state index contributed by atoms with van der Waals surface area (Å²) < 4.78 is 31.9. The number of rotatable bonds is 2. The van der Waals surface area contributed by atoms with E-state index < -0.39 is 38.3 Å². The quantitative estimate of drug-likeness (QED) is 0.703. The van der Waals surface area contributed by atoms with Gasteiger partial charge in [-0.15, -0.1) is 0 Å². The minimum Gasteiger partial charge on any atom is -0.444 e. The largest absolute Gasteiger partial charge is 0.444 e. The third kappa shape index (κ3) is 3.94. The van der Waals surface area contributed by atoms with E-state index in [9.17, 15) is 9.18 Å². The minimum absolute atomic E-state index is 0.00160. The summed E-state index contributed by atoms with van der Waals surface area (Å²) in [6.45, 7) is 16.5. The lowest BCUT2D eigenvalue weighted by Crippen LogP contribution is -2.52. The number of hydrogen-bond acceptors (Lipinski definition) is 4. The molecule has 0 bridgehead atoms. The van der Waals surface area contributed by atoms with Crippen molar-refractivity contribution in [1.29, 1.82) is 0 Å². The first kappa shape index (κ1) is 19.7. The van der Waals surface area contributed by atoms with Gasteiger partial charge in [-0.05, 0) is 38.9 Å². The number of carbonyl (C=O) groups is 1. The van der Waals surface area contributed by atoms with Crippen LogP contribution in [0.5, 0.6) is 0 Å². The van der Waals surface area contributed by atoms with E-state index in [1.54, 1.807) is 20.8 Å². The number of amides is 1. The van der Waals surface area contributed by atoms with Crippen molar-refractivity contribution in [2.45, 2.75) is 89.7 Å². The monoisotopic (exact) mass is 361 g/mol. The van der Waals surface area contributed by atoms with Crippen LogP contribution in [0.1, 0.15) is 41.5 Å². The average molecular weight is 362 g/mol. The predicted molar refractivity (Wildman–Crippen MR) is 93.4 cm³/mol. The van der Waals surface area contributed by atoms with Gasteiger partial charge in [-0.25, -0.2) is 9.18 Å². The summed E-state index contributed by atoms with van der Waals surface area (Å²) in [5.41, 5.74) is -0.615. The van der Waals surface area contributed by atoms with Gasteiger partial charge < -0.3 is 13.9 Å². The van der Waals surface area contributed by atoms with Gasteiger partial charge in [-0.2, -0.15) is 0 Å². The highest BCUT2D eigenvalue weighted by atomic mass is 28.4. The molecule has 0 aromatic heterocycles. The summed E-state index contributed by atoms with van der Waals surface area (Å²) in [6, 6.07) is -0.413. The summed E-state index contributed by atoms with van der Waals surface area (Å²) in [7, 11) is -2.04. The third-order valence-corrected chi connectivity index (χ3v) is 9.64. The third-order valence-electron chi connectivity index (χ3n) is 5.14. The molecule has 0 spiro atoms. The maximum absolute atomic E-state index is 14.3. The summed E-state index contributed by atoms with van der Waals surface area (Å²) in [4.78, 5) is 14.0. The molecule has 2 aliphatic rings. The molecule has 0 radical (unpaired) electrons. The van der Waals surface area contributed by atoms with Crippen molar-refractivity contribution in [3.8, 4) is 0 Å². The van der Waals surface area contributed by atoms with Crippen molar-refractivity contribution in [1.82, 2.24) is 4.90 Å². The fourth-order valence-corrected chi connectivity index (χ4v) is 4.22. The molecule has 24 heavy (non-hydrogen) atoms. The summed E-state index contributed by atoms with van der Waals surface area (Å²) >= 11 is 0. The molecule has 1 amide bonds. The molecular weight excluding hydrogens is 329 g/mol. The zero-order valence-electron chi connectivity index (χ0n) is 16.2. The van der Waals surface area contributed by atoms with Crippen LogP contribution in [0.4, 0.5) is 9.18 Å². The highest BCUT2D eigenvalue weighted by molar-refractivity contribution is 6.74. The maximum Gasteiger partial charge on any atom is 0.410 e. The van der Waals surface area contributed by atoms with Crippen LogP contribution >= 0.6 is 0 Å². The summed E-state index contributed by atoms with van der Waals surface area (Å²) in [5.74, 6) is 0. The average Bonchev–Trinajstić information content (AvgIpc) is 2.88. The van der Waals surface area contributed by atoms with Crippen LogP contribution < -0.4 is 0 Å². The molecule has 0 aromatic rings. The van der Waals surface area contributed by atoms with Crippen molar-refractivity contribution < 1.29 is 23.1 Å². The van der Waals surface area contributed by atoms with E-state index in [1.165, 1.54) is 4.90 Å². The SMILES string of the molecule is CC(C)(C)OC(=O)N1C[C@@H](F)[C@H]2OC[C@H](O[Si](C)(C)C(C)(C)C)[C@H]21. The number of likely N-dealkylation sites (tertiary alicyclic amines) is 1. The topological polar surface area (TPSA) is 48.0 Å². The van der Waals surface area contributed by atoms with Gasteiger partial charge in [-0.1, -0.05) is 20.8 Å². The Kier molecular flexibility index (Phi) is 5.12. The molecule has 2 saturated heterocycles. The number of nitrogens with zero attached hydrogens (tertiary/aromatic N) is 1. The zero-order chi connectivity index (χ0) is 18.5. The number of ether oxygens (including phenoxy) is 2.